The summed E-state index contributed by atoms with van der Waals surface area (Å²) < 4.78 is 1.78. The Morgan fingerprint density at radius 2 is 1.88 bits per heavy atom. The van der Waals surface area contributed by atoms with Gasteiger partial charge in [-0.25, -0.2) is 0 Å². The van der Waals surface area contributed by atoms with Crippen molar-refractivity contribution in [2.45, 2.75) is 19.3 Å². The van der Waals surface area contributed by atoms with Crippen LogP contribution in [0.2, 0.25) is 0 Å². The minimum Gasteiger partial charge on any atom is -0.306 e. The molecular formula is C20H23N5O. The summed E-state index contributed by atoms with van der Waals surface area (Å²) in [4.78, 5) is 23.8. The van der Waals surface area contributed by atoms with Gasteiger partial charge in [-0.2, -0.15) is 5.10 Å². The highest BCUT2D eigenvalue weighted by molar-refractivity contribution is 5.86. The average Bonchev–Trinajstić information content (AvgIpc) is 3.08. The number of hydrogen-bond acceptors (Lipinski definition) is 5. The van der Waals surface area contributed by atoms with Gasteiger partial charge in [0.05, 0.1) is 17.9 Å². The molecule has 134 valence electrons. The monoisotopic (exact) mass is 349 g/mol. The van der Waals surface area contributed by atoms with Crippen LogP contribution in [0.15, 0.2) is 36.9 Å². The third kappa shape index (κ3) is 3.51. The van der Waals surface area contributed by atoms with Gasteiger partial charge in [0.2, 0.25) is 0 Å². The standard InChI is InChI=1S/C20H23N5O/c1-24-5-3-14(4-6-24)20(26)9-18-8-15-7-16(10-22-19(15)12-21-18)17-11-23-25(2)13-17/h7-8,10-14H,3-6,9H2,1-2H3. The van der Waals surface area contributed by atoms with Gasteiger partial charge in [0.25, 0.3) is 0 Å². The van der Waals surface area contributed by atoms with Crippen LogP contribution in [0.3, 0.4) is 0 Å². The van der Waals surface area contributed by atoms with E-state index in [2.05, 4.69) is 33.1 Å². The summed E-state index contributed by atoms with van der Waals surface area (Å²) in [5.74, 6) is 0.477. The number of Topliss-reactive ketones (excluding diaryl/α,β-unsaturated/α-hetero) is 1. The molecule has 26 heavy (non-hydrogen) atoms. The number of piperidine rings is 1. The number of likely N-dealkylation sites (tertiary alicyclic amines) is 1. The van der Waals surface area contributed by atoms with E-state index in [1.807, 2.05) is 31.7 Å². The second kappa shape index (κ2) is 6.96. The molecule has 4 heterocycles. The lowest BCUT2D eigenvalue weighted by molar-refractivity contribution is -0.123. The van der Waals surface area contributed by atoms with Gasteiger partial charge in [-0.05, 0) is 45.1 Å². The number of rotatable bonds is 4. The molecule has 3 aromatic heterocycles. The van der Waals surface area contributed by atoms with Crippen molar-refractivity contribution in [3.8, 4) is 11.1 Å². The summed E-state index contributed by atoms with van der Waals surface area (Å²) >= 11 is 0. The van der Waals surface area contributed by atoms with Crippen molar-refractivity contribution in [1.29, 1.82) is 0 Å². The maximum atomic E-state index is 12.6. The maximum Gasteiger partial charge on any atom is 0.142 e. The Labute approximate surface area is 152 Å². The fourth-order valence-corrected chi connectivity index (χ4v) is 3.55. The molecule has 0 amide bonds. The second-order valence-corrected chi connectivity index (χ2v) is 7.22. The number of pyridine rings is 2. The molecule has 0 radical (unpaired) electrons. The van der Waals surface area contributed by atoms with Crippen molar-refractivity contribution in [2.24, 2.45) is 13.0 Å². The van der Waals surface area contributed by atoms with Crippen LogP contribution < -0.4 is 0 Å². The maximum absolute atomic E-state index is 12.6. The molecule has 3 aromatic rings. The SMILES string of the molecule is CN1CCC(C(=O)Cc2cc3cc(-c4cnn(C)c4)cnc3cn2)CC1. The van der Waals surface area contributed by atoms with E-state index in [0.717, 1.165) is 53.7 Å². The number of aryl methyl sites for hydroxylation is 1. The van der Waals surface area contributed by atoms with Crippen molar-refractivity contribution in [3.05, 3.63) is 42.6 Å². The smallest absolute Gasteiger partial charge is 0.142 e. The summed E-state index contributed by atoms with van der Waals surface area (Å²) in [6, 6.07) is 4.08. The Morgan fingerprint density at radius 3 is 2.62 bits per heavy atom. The van der Waals surface area contributed by atoms with Gasteiger partial charge in [0, 0.05) is 54.0 Å². The molecule has 1 aliphatic rings. The Hall–Kier alpha value is -2.60. The normalized spacial score (nSPS) is 16.2. The zero-order valence-corrected chi connectivity index (χ0v) is 15.2. The molecule has 1 aliphatic heterocycles. The van der Waals surface area contributed by atoms with Gasteiger partial charge >= 0.3 is 0 Å². The fourth-order valence-electron chi connectivity index (χ4n) is 3.55. The summed E-state index contributed by atoms with van der Waals surface area (Å²) in [6.07, 6.45) is 9.71. The van der Waals surface area contributed by atoms with Crippen LogP contribution in [-0.4, -0.2) is 50.6 Å². The molecule has 0 aliphatic carbocycles. The van der Waals surface area contributed by atoms with Crippen LogP contribution in [0.1, 0.15) is 18.5 Å². The van der Waals surface area contributed by atoms with Gasteiger partial charge < -0.3 is 4.90 Å². The summed E-state index contributed by atoms with van der Waals surface area (Å²) in [6.45, 7) is 2.00. The van der Waals surface area contributed by atoms with Gasteiger partial charge in [-0.1, -0.05) is 0 Å². The lowest BCUT2D eigenvalue weighted by Gasteiger charge is -2.27. The number of nitrogens with zero attached hydrogens (tertiary/aromatic N) is 5. The zero-order valence-electron chi connectivity index (χ0n) is 15.2. The van der Waals surface area contributed by atoms with E-state index in [9.17, 15) is 4.79 Å². The van der Waals surface area contributed by atoms with Crippen LogP contribution in [0.25, 0.3) is 22.0 Å². The fraction of sp³-hybridized carbons (Fsp3) is 0.400. The zero-order chi connectivity index (χ0) is 18.1. The van der Waals surface area contributed by atoms with Gasteiger partial charge in [0.1, 0.15) is 5.78 Å². The molecule has 6 heteroatoms. The number of carbonyl (C=O) groups excluding carboxylic acids is 1. The minimum absolute atomic E-state index is 0.170. The van der Waals surface area contributed by atoms with Crippen LogP contribution in [-0.2, 0) is 18.3 Å². The quantitative estimate of drug-likeness (QED) is 0.724. The van der Waals surface area contributed by atoms with Crippen molar-refractivity contribution < 1.29 is 4.79 Å². The molecule has 0 bridgehead atoms. The van der Waals surface area contributed by atoms with Crippen molar-refractivity contribution in [2.75, 3.05) is 20.1 Å². The Balaban J connectivity index is 1.55. The minimum atomic E-state index is 0.170. The molecule has 6 nitrogen and oxygen atoms in total. The highest BCUT2D eigenvalue weighted by atomic mass is 16.1. The highest BCUT2D eigenvalue weighted by Crippen LogP contribution is 2.23. The molecule has 0 N–H and O–H groups in total. The predicted molar refractivity (Wildman–Crippen MR) is 101 cm³/mol. The molecule has 0 unspecified atom stereocenters. The summed E-state index contributed by atoms with van der Waals surface area (Å²) in [5.41, 5.74) is 3.71. The molecule has 1 saturated heterocycles. The van der Waals surface area contributed by atoms with E-state index >= 15 is 0 Å². The first kappa shape index (κ1) is 16.8. The van der Waals surface area contributed by atoms with E-state index < -0.39 is 0 Å². The van der Waals surface area contributed by atoms with E-state index in [-0.39, 0.29) is 5.92 Å². The lowest BCUT2D eigenvalue weighted by Crippen LogP contribution is -2.34. The number of carbonyl (C=O) groups is 1. The predicted octanol–water partition coefficient (Wildman–Crippen LogP) is 2.48. The topological polar surface area (TPSA) is 63.9 Å². The average molecular weight is 349 g/mol. The molecule has 0 aromatic carbocycles. The van der Waals surface area contributed by atoms with E-state index in [1.54, 1.807) is 10.9 Å². The van der Waals surface area contributed by atoms with Crippen LogP contribution in [0, 0.1) is 5.92 Å². The van der Waals surface area contributed by atoms with E-state index in [0.29, 0.717) is 12.2 Å². The molecule has 0 spiro atoms. The third-order valence-corrected chi connectivity index (χ3v) is 5.19. The molecule has 0 saturated carbocycles. The van der Waals surface area contributed by atoms with Gasteiger partial charge in [-0.3, -0.25) is 19.4 Å². The number of ketones is 1. The van der Waals surface area contributed by atoms with Gasteiger partial charge in [0.15, 0.2) is 0 Å². The molecule has 1 fully saturated rings. The number of fused-ring (bicyclic) bond motifs is 1. The molecule has 0 atom stereocenters. The number of hydrogen-bond donors (Lipinski definition) is 0. The first-order valence-corrected chi connectivity index (χ1v) is 9.03. The summed E-state index contributed by atoms with van der Waals surface area (Å²) in [7, 11) is 4.01. The highest BCUT2D eigenvalue weighted by Gasteiger charge is 2.23. The van der Waals surface area contributed by atoms with Crippen molar-refractivity contribution in [3.63, 3.8) is 0 Å². The summed E-state index contributed by atoms with van der Waals surface area (Å²) in [5, 5.41) is 5.22. The first-order valence-electron chi connectivity index (χ1n) is 9.03. The van der Waals surface area contributed by atoms with Crippen LogP contribution >= 0.6 is 0 Å². The van der Waals surface area contributed by atoms with E-state index in [4.69, 9.17) is 0 Å². The first-order chi connectivity index (χ1) is 12.6. The van der Waals surface area contributed by atoms with Crippen LogP contribution in [0.5, 0.6) is 0 Å². The molecule has 4 rings (SSSR count). The Morgan fingerprint density at radius 1 is 1.08 bits per heavy atom. The lowest BCUT2D eigenvalue weighted by atomic mass is 9.90. The van der Waals surface area contributed by atoms with Crippen molar-refractivity contribution >= 4 is 16.7 Å². The van der Waals surface area contributed by atoms with E-state index in [1.165, 1.54) is 0 Å². The second-order valence-electron chi connectivity index (χ2n) is 7.22. The van der Waals surface area contributed by atoms with Gasteiger partial charge in [-0.15, -0.1) is 0 Å². The van der Waals surface area contributed by atoms with Crippen LogP contribution in [0.4, 0.5) is 0 Å². The Bertz CT molecular complexity index is 940. The largest absolute Gasteiger partial charge is 0.306 e. The van der Waals surface area contributed by atoms with Crippen molar-refractivity contribution in [1.82, 2.24) is 24.6 Å². The third-order valence-electron chi connectivity index (χ3n) is 5.19. The molecular weight excluding hydrogens is 326 g/mol. The Kier molecular flexibility index (Phi) is 4.51. The number of aromatic nitrogens is 4.